The van der Waals surface area contributed by atoms with Crippen molar-refractivity contribution in [1.29, 1.82) is 0 Å². The van der Waals surface area contributed by atoms with E-state index < -0.39 is 23.3 Å². The van der Waals surface area contributed by atoms with Crippen molar-refractivity contribution in [3.05, 3.63) is 22.7 Å². The first-order chi connectivity index (χ1) is 9.80. The Morgan fingerprint density at radius 2 is 2.14 bits per heavy atom. The number of hydrogen-bond donors (Lipinski definition) is 2. The third-order valence-electron chi connectivity index (χ3n) is 2.83. The number of carbonyl (C=O) groups excluding carboxylic acids is 1. The van der Waals surface area contributed by atoms with E-state index in [0.29, 0.717) is 10.6 Å². The van der Waals surface area contributed by atoms with Crippen molar-refractivity contribution in [2.45, 2.75) is 26.8 Å². The fourth-order valence-electron chi connectivity index (χ4n) is 1.77. The molecule has 0 aliphatic heterocycles. The number of carbonyl (C=O) groups is 2. The molecule has 0 fully saturated rings. The number of aliphatic carboxylic acids is 1. The van der Waals surface area contributed by atoms with Crippen LogP contribution in [0.25, 0.3) is 5.69 Å². The van der Waals surface area contributed by atoms with Crippen molar-refractivity contribution in [3.8, 4) is 5.69 Å². The van der Waals surface area contributed by atoms with Gasteiger partial charge in [-0.3, -0.25) is 4.79 Å². The molecule has 0 radical (unpaired) electrons. The molecule has 9 heteroatoms. The SMILES string of the molecule is CC(C)(C)[C@@H](NC(=O)c1sccc1-n1cnnn1)C(=O)O. The number of carboxylic acids is 1. The van der Waals surface area contributed by atoms with Crippen LogP contribution in [-0.4, -0.2) is 43.2 Å². The van der Waals surface area contributed by atoms with E-state index in [0.717, 1.165) is 0 Å². The monoisotopic (exact) mass is 309 g/mol. The summed E-state index contributed by atoms with van der Waals surface area (Å²) in [6.45, 7) is 5.26. The minimum atomic E-state index is -1.07. The van der Waals surface area contributed by atoms with E-state index >= 15 is 0 Å². The standard InChI is InChI=1S/C12H15N5O3S/c1-12(2,3)9(11(19)20)14-10(18)8-7(4-5-21-8)17-6-13-15-16-17/h4-6,9H,1-3H3,(H,14,18)(H,19,20)/t9-/m0/s1. The molecule has 112 valence electrons. The van der Waals surface area contributed by atoms with Crippen molar-refractivity contribution >= 4 is 23.2 Å². The fourth-order valence-corrected chi connectivity index (χ4v) is 2.55. The van der Waals surface area contributed by atoms with Gasteiger partial charge in [-0.05, 0) is 27.3 Å². The van der Waals surface area contributed by atoms with Crippen LogP contribution >= 0.6 is 11.3 Å². The minimum Gasteiger partial charge on any atom is -0.480 e. The van der Waals surface area contributed by atoms with Crippen molar-refractivity contribution in [2.75, 3.05) is 0 Å². The van der Waals surface area contributed by atoms with E-state index in [9.17, 15) is 14.7 Å². The number of rotatable bonds is 4. The van der Waals surface area contributed by atoms with Gasteiger partial charge in [0.25, 0.3) is 5.91 Å². The Kier molecular flexibility index (Phi) is 4.03. The summed E-state index contributed by atoms with van der Waals surface area (Å²) in [5.74, 6) is -1.53. The molecule has 21 heavy (non-hydrogen) atoms. The molecular weight excluding hydrogens is 294 g/mol. The second kappa shape index (κ2) is 5.60. The molecule has 2 N–H and O–H groups in total. The molecule has 2 aromatic rings. The molecule has 2 aromatic heterocycles. The number of nitrogens with zero attached hydrogens (tertiary/aromatic N) is 4. The predicted molar refractivity (Wildman–Crippen MR) is 75.4 cm³/mol. The Morgan fingerprint density at radius 1 is 1.43 bits per heavy atom. The average Bonchev–Trinajstić information content (AvgIpc) is 3.02. The number of aromatic nitrogens is 4. The molecular formula is C12H15N5O3S. The summed E-state index contributed by atoms with van der Waals surface area (Å²) in [6.07, 6.45) is 1.37. The number of nitrogens with one attached hydrogen (secondary N) is 1. The zero-order valence-electron chi connectivity index (χ0n) is 11.8. The molecule has 0 aliphatic rings. The first-order valence-corrected chi connectivity index (χ1v) is 7.03. The van der Waals surface area contributed by atoms with Gasteiger partial charge < -0.3 is 10.4 Å². The lowest BCUT2D eigenvalue weighted by Crippen LogP contribution is -2.49. The molecule has 1 atom stereocenters. The van der Waals surface area contributed by atoms with E-state index in [1.54, 1.807) is 32.2 Å². The highest BCUT2D eigenvalue weighted by molar-refractivity contribution is 7.12. The highest BCUT2D eigenvalue weighted by Gasteiger charge is 2.33. The van der Waals surface area contributed by atoms with Gasteiger partial charge in [0.15, 0.2) is 0 Å². The Balaban J connectivity index is 2.26. The predicted octanol–water partition coefficient (Wildman–Crippen LogP) is 0.953. The lowest BCUT2D eigenvalue weighted by atomic mass is 9.87. The van der Waals surface area contributed by atoms with E-state index in [1.807, 2.05) is 0 Å². The average molecular weight is 309 g/mol. The van der Waals surface area contributed by atoms with Crippen molar-refractivity contribution in [3.63, 3.8) is 0 Å². The zero-order valence-corrected chi connectivity index (χ0v) is 12.6. The number of thiophene rings is 1. The number of hydrogen-bond acceptors (Lipinski definition) is 6. The van der Waals surface area contributed by atoms with Crippen LogP contribution in [0.2, 0.25) is 0 Å². The van der Waals surface area contributed by atoms with Gasteiger partial charge in [-0.2, -0.15) is 4.68 Å². The summed E-state index contributed by atoms with van der Waals surface area (Å²) in [6, 6.07) is 0.705. The quantitative estimate of drug-likeness (QED) is 0.870. The van der Waals surface area contributed by atoms with Gasteiger partial charge in [-0.1, -0.05) is 20.8 Å². The van der Waals surface area contributed by atoms with Crippen LogP contribution in [-0.2, 0) is 4.79 Å². The van der Waals surface area contributed by atoms with Gasteiger partial charge in [0.2, 0.25) is 0 Å². The maximum atomic E-state index is 12.3. The maximum Gasteiger partial charge on any atom is 0.326 e. The maximum absolute atomic E-state index is 12.3. The highest BCUT2D eigenvalue weighted by atomic mass is 32.1. The largest absolute Gasteiger partial charge is 0.480 e. The van der Waals surface area contributed by atoms with E-state index in [-0.39, 0.29) is 0 Å². The molecule has 2 rings (SSSR count). The molecule has 0 saturated carbocycles. The van der Waals surface area contributed by atoms with Gasteiger partial charge in [0.05, 0.1) is 5.69 Å². The summed E-state index contributed by atoms with van der Waals surface area (Å²) < 4.78 is 1.36. The molecule has 0 spiro atoms. The van der Waals surface area contributed by atoms with Crippen LogP contribution in [0.5, 0.6) is 0 Å². The van der Waals surface area contributed by atoms with Gasteiger partial charge in [0, 0.05) is 0 Å². The lowest BCUT2D eigenvalue weighted by Gasteiger charge is -2.27. The van der Waals surface area contributed by atoms with Crippen molar-refractivity contribution in [2.24, 2.45) is 5.41 Å². The first-order valence-electron chi connectivity index (χ1n) is 6.15. The fraction of sp³-hybridized carbons (Fsp3) is 0.417. The Labute approximate surface area is 124 Å². The summed E-state index contributed by atoms with van der Waals surface area (Å²) in [5.41, 5.74) is -0.0890. The third kappa shape index (κ3) is 3.24. The second-order valence-corrected chi connectivity index (χ2v) is 6.42. The first kappa shape index (κ1) is 15.1. The molecule has 8 nitrogen and oxygen atoms in total. The van der Waals surface area contributed by atoms with E-state index in [1.165, 1.54) is 22.3 Å². The van der Waals surface area contributed by atoms with Crippen LogP contribution in [0.15, 0.2) is 17.8 Å². The Bertz CT molecular complexity index is 644. The third-order valence-corrected chi connectivity index (χ3v) is 3.74. The summed E-state index contributed by atoms with van der Waals surface area (Å²) in [7, 11) is 0. The van der Waals surface area contributed by atoms with Gasteiger partial charge in [-0.25, -0.2) is 4.79 Å². The number of tetrazole rings is 1. The summed E-state index contributed by atoms with van der Waals surface area (Å²) in [4.78, 5) is 24.0. The summed E-state index contributed by atoms with van der Waals surface area (Å²) >= 11 is 1.20. The van der Waals surface area contributed by atoms with E-state index in [2.05, 4.69) is 20.8 Å². The van der Waals surface area contributed by atoms with Crippen LogP contribution in [0.4, 0.5) is 0 Å². The summed E-state index contributed by atoms with van der Waals surface area (Å²) in [5, 5.41) is 24.3. The van der Waals surface area contributed by atoms with Crippen LogP contribution in [0.1, 0.15) is 30.4 Å². The van der Waals surface area contributed by atoms with Gasteiger partial charge in [0.1, 0.15) is 17.2 Å². The van der Waals surface area contributed by atoms with Crippen LogP contribution in [0, 0.1) is 5.41 Å². The van der Waals surface area contributed by atoms with Crippen LogP contribution in [0.3, 0.4) is 0 Å². The molecule has 0 aromatic carbocycles. The number of amides is 1. The van der Waals surface area contributed by atoms with Crippen molar-refractivity contribution < 1.29 is 14.7 Å². The zero-order chi connectivity index (χ0) is 15.6. The molecule has 0 saturated heterocycles. The van der Waals surface area contributed by atoms with Gasteiger partial charge in [-0.15, -0.1) is 16.4 Å². The smallest absolute Gasteiger partial charge is 0.326 e. The second-order valence-electron chi connectivity index (χ2n) is 5.50. The molecule has 0 bridgehead atoms. The van der Waals surface area contributed by atoms with Crippen molar-refractivity contribution in [1.82, 2.24) is 25.5 Å². The van der Waals surface area contributed by atoms with Crippen LogP contribution < -0.4 is 5.32 Å². The molecule has 1 amide bonds. The normalized spacial score (nSPS) is 12.9. The minimum absolute atomic E-state index is 0.359. The molecule has 2 heterocycles. The molecule has 0 aliphatic carbocycles. The topological polar surface area (TPSA) is 110 Å². The van der Waals surface area contributed by atoms with Gasteiger partial charge >= 0.3 is 5.97 Å². The van der Waals surface area contributed by atoms with E-state index in [4.69, 9.17) is 0 Å². The highest BCUT2D eigenvalue weighted by Crippen LogP contribution is 2.23. The lowest BCUT2D eigenvalue weighted by molar-refractivity contribution is -0.142. The molecule has 0 unspecified atom stereocenters. The Hall–Kier alpha value is -2.29. The number of carboxylic acid groups (broad SMARTS) is 1. The Morgan fingerprint density at radius 3 is 2.67 bits per heavy atom.